The first-order valence-corrected chi connectivity index (χ1v) is 6.81. The number of H-pyrrole nitrogens is 1. The highest BCUT2D eigenvalue weighted by atomic mass is 19.1. The van der Waals surface area contributed by atoms with Crippen LogP contribution in [0.2, 0.25) is 0 Å². The fraction of sp³-hybridized carbons (Fsp3) is 0.118. The summed E-state index contributed by atoms with van der Waals surface area (Å²) in [5, 5.41) is 7.01. The van der Waals surface area contributed by atoms with Gasteiger partial charge in [-0.25, -0.2) is 8.78 Å². The van der Waals surface area contributed by atoms with Gasteiger partial charge in [0.15, 0.2) is 17.4 Å². The molecule has 112 valence electrons. The molecule has 0 amide bonds. The van der Waals surface area contributed by atoms with E-state index in [1.165, 1.54) is 6.07 Å². The Morgan fingerprint density at radius 2 is 1.77 bits per heavy atom. The van der Waals surface area contributed by atoms with E-state index >= 15 is 0 Å². The number of aromatic amines is 1. The third kappa shape index (κ3) is 2.98. The Kier molecular flexibility index (Phi) is 3.87. The van der Waals surface area contributed by atoms with Gasteiger partial charge >= 0.3 is 0 Å². The Bertz CT molecular complexity index is 779. The van der Waals surface area contributed by atoms with Gasteiger partial charge in [-0.2, -0.15) is 5.10 Å². The number of aryl methyl sites for hydroxylation is 1. The van der Waals surface area contributed by atoms with Crippen LogP contribution in [0.25, 0.3) is 11.3 Å². The second-order valence-electron chi connectivity index (χ2n) is 4.99. The lowest BCUT2D eigenvalue weighted by atomic mass is 10.1. The summed E-state index contributed by atoms with van der Waals surface area (Å²) in [6.45, 7) is 2.01. The lowest BCUT2D eigenvalue weighted by Crippen LogP contribution is -2.00. The Balaban J connectivity index is 1.75. The third-order valence-electron chi connectivity index (χ3n) is 3.24. The number of benzene rings is 2. The van der Waals surface area contributed by atoms with E-state index in [0.717, 1.165) is 29.0 Å². The van der Waals surface area contributed by atoms with Gasteiger partial charge in [0.2, 0.25) is 0 Å². The molecule has 1 N–H and O–H groups in total. The molecule has 1 aromatic heterocycles. The molecule has 1 heterocycles. The average molecular weight is 300 g/mol. The molecule has 0 radical (unpaired) electrons. The molecule has 0 unspecified atom stereocenters. The number of para-hydroxylation sites is 1. The molecule has 3 aromatic rings. The number of nitrogens with one attached hydrogen (secondary N) is 1. The van der Waals surface area contributed by atoms with Gasteiger partial charge in [0.05, 0.1) is 11.4 Å². The van der Waals surface area contributed by atoms with Gasteiger partial charge in [0.1, 0.15) is 6.61 Å². The van der Waals surface area contributed by atoms with E-state index in [9.17, 15) is 8.78 Å². The van der Waals surface area contributed by atoms with Crippen LogP contribution in [-0.4, -0.2) is 10.2 Å². The largest absolute Gasteiger partial charge is 0.481 e. The van der Waals surface area contributed by atoms with Crippen molar-refractivity contribution in [3.63, 3.8) is 0 Å². The smallest absolute Gasteiger partial charge is 0.191 e. The fourth-order valence-corrected chi connectivity index (χ4v) is 2.16. The van der Waals surface area contributed by atoms with E-state index in [1.54, 1.807) is 6.07 Å². The summed E-state index contributed by atoms with van der Waals surface area (Å²) in [5.41, 5.74) is 3.50. The predicted molar refractivity (Wildman–Crippen MR) is 79.5 cm³/mol. The first kappa shape index (κ1) is 14.3. The van der Waals surface area contributed by atoms with Crippen LogP contribution in [0.15, 0.2) is 48.5 Å². The molecule has 2 aromatic carbocycles. The number of halogens is 2. The van der Waals surface area contributed by atoms with E-state index in [4.69, 9.17) is 4.74 Å². The molecule has 0 saturated heterocycles. The Hall–Kier alpha value is -2.69. The minimum Gasteiger partial charge on any atom is -0.481 e. The van der Waals surface area contributed by atoms with Crippen molar-refractivity contribution in [1.29, 1.82) is 0 Å². The molecule has 0 atom stereocenters. The first-order chi connectivity index (χ1) is 10.6. The second-order valence-corrected chi connectivity index (χ2v) is 4.99. The second kappa shape index (κ2) is 5.97. The first-order valence-electron chi connectivity index (χ1n) is 6.81. The van der Waals surface area contributed by atoms with Crippen LogP contribution in [0.5, 0.6) is 5.75 Å². The third-order valence-corrected chi connectivity index (χ3v) is 3.24. The Morgan fingerprint density at radius 3 is 2.50 bits per heavy atom. The molecule has 0 aliphatic carbocycles. The van der Waals surface area contributed by atoms with Crippen LogP contribution in [0.3, 0.4) is 0 Å². The van der Waals surface area contributed by atoms with Gasteiger partial charge in [-0.15, -0.1) is 0 Å². The number of hydrogen-bond acceptors (Lipinski definition) is 2. The normalized spacial score (nSPS) is 10.7. The van der Waals surface area contributed by atoms with E-state index < -0.39 is 11.6 Å². The maximum atomic E-state index is 13.5. The number of aromatic nitrogens is 2. The molecular formula is C17H14F2N2O. The average Bonchev–Trinajstić information content (AvgIpc) is 2.96. The van der Waals surface area contributed by atoms with Gasteiger partial charge in [-0.1, -0.05) is 29.8 Å². The molecule has 0 bridgehead atoms. The minimum atomic E-state index is -0.724. The molecule has 0 saturated carbocycles. The summed E-state index contributed by atoms with van der Waals surface area (Å²) in [5.74, 6) is -1.83. The predicted octanol–water partition coefficient (Wildman–Crippen LogP) is 4.24. The van der Waals surface area contributed by atoms with Gasteiger partial charge in [0.25, 0.3) is 0 Å². The van der Waals surface area contributed by atoms with Crippen molar-refractivity contribution in [3.05, 3.63) is 71.4 Å². The van der Waals surface area contributed by atoms with E-state index in [0.29, 0.717) is 5.69 Å². The van der Waals surface area contributed by atoms with Crippen LogP contribution < -0.4 is 4.74 Å². The lowest BCUT2D eigenvalue weighted by molar-refractivity contribution is 0.270. The number of rotatable bonds is 4. The molecule has 0 spiro atoms. The van der Waals surface area contributed by atoms with Crippen molar-refractivity contribution in [2.75, 3.05) is 0 Å². The van der Waals surface area contributed by atoms with Crippen molar-refractivity contribution in [1.82, 2.24) is 10.2 Å². The molecule has 0 fully saturated rings. The van der Waals surface area contributed by atoms with Crippen molar-refractivity contribution >= 4 is 0 Å². The van der Waals surface area contributed by atoms with Gasteiger partial charge in [-0.05, 0) is 31.2 Å². The fourth-order valence-electron chi connectivity index (χ4n) is 2.16. The summed E-state index contributed by atoms with van der Waals surface area (Å²) in [7, 11) is 0. The van der Waals surface area contributed by atoms with Crippen LogP contribution >= 0.6 is 0 Å². The maximum Gasteiger partial charge on any atom is 0.191 e. The van der Waals surface area contributed by atoms with E-state index in [-0.39, 0.29) is 12.4 Å². The molecule has 0 aliphatic heterocycles. The van der Waals surface area contributed by atoms with E-state index in [2.05, 4.69) is 10.2 Å². The van der Waals surface area contributed by atoms with Gasteiger partial charge in [0, 0.05) is 5.56 Å². The molecule has 22 heavy (non-hydrogen) atoms. The van der Waals surface area contributed by atoms with E-state index in [1.807, 2.05) is 31.2 Å². The summed E-state index contributed by atoms with van der Waals surface area (Å²) in [6, 6.07) is 13.3. The summed E-state index contributed by atoms with van der Waals surface area (Å²) < 4.78 is 32.2. The maximum absolute atomic E-state index is 13.5. The SMILES string of the molecule is Cc1cccc(-c2cc(COc3c(F)cccc3F)[nH]n2)c1. The zero-order valence-corrected chi connectivity index (χ0v) is 11.9. The molecule has 3 nitrogen and oxygen atoms in total. The quantitative estimate of drug-likeness (QED) is 0.782. The summed E-state index contributed by atoms with van der Waals surface area (Å²) in [4.78, 5) is 0. The van der Waals surface area contributed by atoms with Crippen LogP contribution in [0, 0.1) is 18.6 Å². The van der Waals surface area contributed by atoms with Gasteiger partial charge in [-0.3, -0.25) is 5.10 Å². The van der Waals surface area contributed by atoms with Crippen molar-refractivity contribution in [2.45, 2.75) is 13.5 Å². The van der Waals surface area contributed by atoms with Crippen molar-refractivity contribution < 1.29 is 13.5 Å². The minimum absolute atomic E-state index is 0.0106. The number of hydrogen-bond donors (Lipinski definition) is 1. The standard InChI is InChI=1S/C17H14F2N2O/c1-11-4-2-5-12(8-11)16-9-13(20-21-16)10-22-17-14(18)6-3-7-15(17)19/h2-9H,10H2,1H3,(H,20,21). The molecular weight excluding hydrogens is 286 g/mol. The van der Waals surface area contributed by atoms with Crippen LogP contribution in [-0.2, 0) is 6.61 Å². The zero-order valence-electron chi connectivity index (χ0n) is 11.9. The Labute approximate surface area is 126 Å². The van der Waals surface area contributed by atoms with Gasteiger partial charge < -0.3 is 4.74 Å². The van der Waals surface area contributed by atoms with Crippen LogP contribution in [0.1, 0.15) is 11.3 Å². The molecule has 3 rings (SSSR count). The van der Waals surface area contributed by atoms with Crippen molar-refractivity contribution in [2.24, 2.45) is 0 Å². The Morgan fingerprint density at radius 1 is 1.05 bits per heavy atom. The number of nitrogens with zero attached hydrogens (tertiary/aromatic N) is 1. The zero-order chi connectivity index (χ0) is 15.5. The molecule has 0 aliphatic rings. The van der Waals surface area contributed by atoms with Crippen LogP contribution in [0.4, 0.5) is 8.78 Å². The summed E-state index contributed by atoms with van der Waals surface area (Å²) >= 11 is 0. The topological polar surface area (TPSA) is 37.9 Å². The highest BCUT2D eigenvalue weighted by Crippen LogP contribution is 2.23. The summed E-state index contributed by atoms with van der Waals surface area (Å²) in [6.07, 6.45) is 0. The van der Waals surface area contributed by atoms with Crippen molar-refractivity contribution in [3.8, 4) is 17.0 Å². The lowest BCUT2D eigenvalue weighted by Gasteiger charge is -2.06. The monoisotopic (exact) mass is 300 g/mol. The highest BCUT2D eigenvalue weighted by molar-refractivity contribution is 5.60. The highest BCUT2D eigenvalue weighted by Gasteiger charge is 2.11. The molecule has 5 heteroatoms. The number of ether oxygens (including phenoxy) is 1.